The van der Waals surface area contributed by atoms with Crippen LogP contribution in [0.1, 0.15) is 6.42 Å². The second-order valence-corrected chi connectivity index (χ2v) is 5.05. The smallest absolute Gasteiger partial charge is 0.112 e. The van der Waals surface area contributed by atoms with Gasteiger partial charge < -0.3 is 15.1 Å². The highest BCUT2D eigenvalue weighted by molar-refractivity contribution is 9.10. The van der Waals surface area contributed by atoms with Gasteiger partial charge in [0, 0.05) is 36.6 Å². The van der Waals surface area contributed by atoms with Gasteiger partial charge in [-0.15, -0.1) is 0 Å². The summed E-state index contributed by atoms with van der Waals surface area (Å²) >= 11 is 3.38. The minimum atomic E-state index is 0.0613. The van der Waals surface area contributed by atoms with Crippen LogP contribution < -0.4 is 4.90 Å². The van der Waals surface area contributed by atoms with Crippen LogP contribution in [0.4, 0.5) is 5.69 Å². The summed E-state index contributed by atoms with van der Waals surface area (Å²) in [5.41, 5.74) is 2.54. The van der Waals surface area contributed by atoms with Crippen LogP contribution in [0, 0.1) is 0 Å². The first-order valence-electron chi connectivity index (χ1n) is 6.13. The Bertz CT molecular complexity index is 550. The van der Waals surface area contributed by atoms with E-state index in [1.54, 1.807) is 12.4 Å². The van der Waals surface area contributed by atoms with Crippen molar-refractivity contribution >= 4 is 32.7 Å². The zero-order valence-corrected chi connectivity index (χ0v) is 12.0. The van der Waals surface area contributed by atoms with E-state index in [0.29, 0.717) is 19.5 Å². The second kappa shape index (κ2) is 6.79. The Balaban J connectivity index is 2.40. The van der Waals surface area contributed by atoms with Crippen molar-refractivity contribution in [2.24, 2.45) is 0 Å². The van der Waals surface area contributed by atoms with Gasteiger partial charge in [-0.05, 0) is 34.5 Å². The van der Waals surface area contributed by atoms with E-state index in [0.717, 1.165) is 21.2 Å². The van der Waals surface area contributed by atoms with Crippen molar-refractivity contribution in [1.29, 1.82) is 0 Å². The molecule has 2 aromatic heterocycles. The van der Waals surface area contributed by atoms with Gasteiger partial charge in [0.1, 0.15) is 5.52 Å². The molecule has 19 heavy (non-hydrogen) atoms. The number of rotatable bonds is 6. The third kappa shape index (κ3) is 3.40. The number of aliphatic hydroxyl groups is 2. The molecule has 0 aliphatic rings. The molecule has 2 rings (SSSR count). The van der Waals surface area contributed by atoms with Gasteiger partial charge in [0.05, 0.1) is 17.8 Å². The summed E-state index contributed by atoms with van der Waals surface area (Å²) in [6.45, 7) is 1.38. The van der Waals surface area contributed by atoms with E-state index in [-0.39, 0.29) is 13.2 Å². The fourth-order valence-electron chi connectivity index (χ4n) is 1.98. The van der Waals surface area contributed by atoms with Crippen LogP contribution in [0.25, 0.3) is 11.0 Å². The van der Waals surface area contributed by atoms with Crippen molar-refractivity contribution in [3.63, 3.8) is 0 Å². The average molecular weight is 326 g/mol. The number of aromatic nitrogens is 2. The number of nitrogens with zero attached hydrogens (tertiary/aromatic N) is 3. The van der Waals surface area contributed by atoms with E-state index in [4.69, 9.17) is 10.2 Å². The average Bonchev–Trinajstić information content (AvgIpc) is 2.42. The maximum Gasteiger partial charge on any atom is 0.112 e. The van der Waals surface area contributed by atoms with Crippen LogP contribution in [0.15, 0.2) is 29.0 Å². The molecule has 2 N–H and O–H groups in total. The summed E-state index contributed by atoms with van der Waals surface area (Å²) in [5.74, 6) is 0. The van der Waals surface area contributed by atoms with E-state index in [1.165, 1.54) is 0 Å². The molecule has 0 fully saturated rings. The molecule has 0 aromatic carbocycles. The molecule has 5 nitrogen and oxygen atoms in total. The van der Waals surface area contributed by atoms with E-state index >= 15 is 0 Å². The third-order valence-electron chi connectivity index (χ3n) is 2.82. The van der Waals surface area contributed by atoms with Crippen molar-refractivity contribution in [3.05, 3.63) is 29.0 Å². The van der Waals surface area contributed by atoms with Crippen molar-refractivity contribution < 1.29 is 10.2 Å². The van der Waals surface area contributed by atoms with E-state index in [9.17, 15) is 0 Å². The molecule has 102 valence electrons. The summed E-state index contributed by atoms with van der Waals surface area (Å²) in [6, 6.07) is 3.80. The highest BCUT2D eigenvalue weighted by Crippen LogP contribution is 2.25. The van der Waals surface area contributed by atoms with Crippen LogP contribution in [0.3, 0.4) is 0 Å². The lowest BCUT2D eigenvalue weighted by Crippen LogP contribution is -2.28. The lowest BCUT2D eigenvalue weighted by atomic mass is 10.2. The van der Waals surface area contributed by atoms with E-state index in [2.05, 4.69) is 25.9 Å². The van der Waals surface area contributed by atoms with Crippen LogP contribution in [0.5, 0.6) is 0 Å². The van der Waals surface area contributed by atoms with Crippen molar-refractivity contribution in [2.45, 2.75) is 6.42 Å². The molecule has 0 amide bonds. The topological polar surface area (TPSA) is 69.5 Å². The Labute approximate surface area is 120 Å². The summed E-state index contributed by atoms with van der Waals surface area (Å²) in [4.78, 5) is 10.7. The standard InChI is InChI=1S/C13H16BrN3O2/c14-10-8-11-13(16-9-10)12(2-3-15-11)17(5-7-19)4-1-6-18/h2-3,8-9,18-19H,1,4-7H2. The monoisotopic (exact) mass is 325 g/mol. The number of fused-ring (bicyclic) bond motifs is 1. The van der Waals surface area contributed by atoms with Gasteiger partial charge >= 0.3 is 0 Å². The fraction of sp³-hybridized carbons (Fsp3) is 0.385. The number of pyridine rings is 2. The summed E-state index contributed by atoms with van der Waals surface area (Å²) in [7, 11) is 0. The summed E-state index contributed by atoms with van der Waals surface area (Å²) in [5, 5.41) is 18.1. The van der Waals surface area contributed by atoms with Crippen molar-refractivity contribution in [1.82, 2.24) is 9.97 Å². The maximum atomic E-state index is 9.17. The molecule has 0 bridgehead atoms. The third-order valence-corrected chi connectivity index (χ3v) is 3.25. The minimum absolute atomic E-state index is 0.0613. The van der Waals surface area contributed by atoms with Crippen LogP contribution in [-0.2, 0) is 0 Å². The Morgan fingerprint density at radius 1 is 1.16 bits per heavy atom. The molecule has 0 aliphatic carbocycles. The molecule has 0 unspecified atom stereocenters. The van der Waals surface area contributed by atoms with Gasteiger partial charge in [0.25, 0.3) is 0 Å². The molecule has 2 heterocycles. The lowest BCUT2D eigenvalue weighted by molar-refractivity contribution is 0.281. The highest BCUT2D eigenvalue weighted by Gasteiger charge is 2.11. The predicted octanol–water partition coefficient (Wildman–Crippen LogP) is 1.57. The van der Waals surface area contributed by atoms with Gasteiger partial charge in [-0.2, -0.15) is 0 Å². The van der Waals surface area contributed by atoms with Crippen LogP contribution >= 0.6 is 15.9 Å². The Hall–Kier alpha value is -1.24. The molecule has 0 spiro atoms. The Kier molecular flexibility index (Phi) is 5.07. The summed E-state index contributed by atoms with van der Waals surface area (Å²) in [6.07, 6.45) is 4.12. The van der Waals surface area contributed by atoms with Gasteiger partial charge in [-0.3, -0.25) is 9.97 Å². The molecule has 0 aliphatic heterocycles. The van der Waals surface area contributed by atoms with Gasteiger partial charge in [0.2, 0.25) is 0 Å². The normalized spacial score (nSPS) is 10.9. The molecule has 6 heteroatoms. The molecular weight excluding hydrogens is 310 g/mol. The fourth-order valence-corrected chi connectivity index (χ4v) is 2.30. The number of hydrogen-bond acceptors (Lipinski definition) is 5. The van der Waals surface area contributed by atoms with Crippen LogP contribution in [0.2, 0.25) is 0 Å². The predicted molar refractivity (Wildman–Crippen MR) is 78.2 cm³/mol. The number of anilines is 1. The first-order chi connectivity index (χ1) is 9.26. The zero-order chi connectivity index (χ0) is 13.7. The highest BCUT2D eigenvalue weighted by atomic mass is 79.9. The van der Waals surface area contributed by atoms with E-state index < -0.39 is 0 Å². The molecule has 2 aromatic rings. The van der Waals surface area contributed by atoms with Gasteiger partial charge in [-0.25, -0.2) is 0 Å². The molecular formula is C13H16BrN3O2. The van der Waals surface area contributed by atoms with Crippen LogP contribution in [-0.4, -0.2) is 46.5 Å². The molecule has 0 saturated carbocycles. The Morgan fingerprint density at radius 3 is 2.74 bits per heavy atom. The van der Waals surface area contributed by atoms with Crippen molar-refractivity contribution in [3.8, 4) is 0 Å². The quantitative estimate of drug-likeness (QED) is 0.843. The van der Waals surface area contributed by atoms with Gasteiger partial charge in [-0.1, -0.05) is 0 Å². The first kappa shape index (κ1) is 14.2. The SMILES string of the molecule is OCCCN(CCO)c1ccnc2cc(Br)cnc12. The number of aliphatic hydroxyl groups excluding tert-OH is 2. The van der Waals surface area contributed by atoms with E-state index in [1.807, 2.05) is 17.0 Å². The van der Waals surface area contributed by atoms with Gasteiger partial charge in [0.15, 0.2) is 0 Å². The Morgan fingerprint density at radius 2 is 2.00 bits per heavy atom. The van der Waals surface area contributed by atoms with Crippen molar-refractivity contribution in [2.75, 3.05) is 31.2 Å². The maximum absolute atomic E-state index is 9.17. The zero-order valence-electron chi connectivity index (χ0n) is 10.5. The largest absolute Gasteiger partial charge is 0.396 e. The first-order valence-corrected chi connectivity index (χ1v) is 6.92. The summed E-state index contributed by atoms with van der Waals surface area (Å²) < 4.78 is 0.883. The molecule has 0 radical (unpaired) electrons. The lowest BCUT2D eigenvalue weighted by Gasteiger charge is -2.24. The number of halogens is 1. The minimum Gasteiger partial charge on any atom is -0.396 e. The molecule has 0 saturated heterocycles. The second-order valence-electron chi connectivity index (χ2n) is 4.14. The molecule has 0 atom stereocenters. The number of hydrogen-bond donors (Lipinski definition) is 2.